The summed E-state index contributed by atoms with van der Waals surface area (Å²) < 4.78 is 14.3. The first-order chi connectivity index (χ1) is 8.86. The summed E-state index contributed by atoms with van der Waals surface area (Å²) in [6.45, 7) is 8.27. The van der Waals surface area contributed by atoms with E-state index in [4.69, 9.17) is 0 Å². The third-order valence-electron chi connectivity index (χ3n) is 4.71. The Morgan fingerprint density at radius 3 is 2.26 bits per heavy atom. The molecule has 1 aromatic carbocycles. The molecule has 19 heavy (non-hydrogen) atoms. The van der Waals surface area contributed by atoms with Crippen molar-refractivity contribution in [2.75, 3.05) is 25.0 Å². The maximum Gasteiger partial charge on any atom is 0.146 e. The monoisotopic (exact) mass is 262 g/mol. The third-order valence-corrected chi connectivity index (χ3v) is 4.71. The molecule has 0 spiro atoms. The van der Waals surface area contributed by atoms with Crippen molar-refractivity contribution in [2.24, 2.45) is 0 Å². The van der Waals surface area contributed by atoms with Crippen LogP contribution in [0.5, 0.6) is 0 Å². The van der Waals surface area contributed by atoms with Gasteiger partial charge < -0.3 is 4.90 Å². The molecule has 0 amide bonds. The van der Waals surface area contributed by atoms with Gasteiger partial charge in [-0.2, -0.15) is 0 Å². The number of likely N-dealkylation sites (N-methyl/N-ethyl adjacent to an activating group) is 1. The van der Waals surface area contributed by atoms with Crippen LogP contribution in [0.15, 0.2) is 18.2 Å². The van der Waals surface area contributed by atoms with Gasteiger partial charge in [0.05, 0.1) is 5.69 Å². The number of fused-ring (bicyclic) bond motifs is 2. The normalized spacial score (nSPS) is 27.3. The Morgan fingerprint density at radius 2 is 1.79 bits per heavy atom. The lowest BCUT2D eigenvalue weighted by Gasteiger charge is -2.55. The van der Waals surface area contributed by atoms with E-state index in [9.17, 15) is 4.39 Å². The number of piperidine rings is 1. The smallest absolute Gasteiger partial charge is 0.146 e. The third kappa shape index (κ3) is 2.14. The van der Waals surface area contributed by atoms with Gasteiger partial charge in [0.2, 0.25) is 0 Å². The van der Waals surface area contributed by atoms with E-state index >= 15 is 0 Å². The molecule has 3 heteroatoms. The number of benzene rings is 1. The molecule has 0 aromatic heterocycles. The second-order valence-corrected chi connectivity index (χ2v) is 7.03. The predicted octanol–water partition coefficient (Wildman–Crippen LogP) is 3.02. The van der Waals surface area contributed by atoms with Crippen molar-refractivity contribution in [1.29, 1.82) is 0 Å². The topological polar surface area (TPSA) is 6.48 Å². The molecule has 2 atom stereocenters. The minimum atomic E-state index is -0.0728. The van der Waals surface area contributed by atoms with E-state index in [0.717, 1.165) is 24.3 Å². The molecule has 4 rings (SSSR count). The Kier molecular flexibility index (Phi) is 2.86. The second-order valence-electron chi connectivity index (χ2n) is 7.03. The van der Waals surface area contributed by atoms with Crippen LogP contribution in [-0.4, -0.2) is 37.1 Å². The Labute approximate surface area is 115 Å². The first kappa shape index (κ1) is 12.9. The number of anilines is 1. The molecule has 3 aliphatic heterocycles. The van der Waals surface area contributed by atoms with Crippen molar-refractivity contribution in [3.05, 3.63) is 29.6 Å². The maximum absolute atomic E-state index is 14.3. The molecular weight excluding hydrogens is 239 g/mol. The van der Waals surface area contributed by atoms with Gasteiger partial charge >= 0.3 is 0 Å². The van der Waals surface area contributed by atoms with Gasteiger partial charge in [-0.15, -0.1) is 0 Å². The summed E-state index contributed by atoms with van der Waals surface area (Å²) in [5.41, 5.74) is 1.84. The predicted molar refractivity (Wildman–Crippen MR) is 77.3 cm³/mol. The van der Waals surface area contributed by atoms with E-state index in [-0.39, 0.29) is 11.2 Å². The summed E-state index contributed by atoms with van der Waals surface area (Å²) in [6, 6.07) is 6.96. The highest BCUT2D eigenvalue weighted by molar-refractivity contribution is 5.51. The summed E-state index contributed by atoms with van der Waals surface area (Å²) in [4.78, 5) is 4.62. The van der Waals surface area contributed by atoms with Crippen LogP contribution in [-0.2, 0) is 5.41 Å². The van der Waals surface area contributed by atoms with Gasteiger partial charge in [0.15, 0.2) is 0 Å². The SMILES string of the molecule is CN1C2CC1CN(c1ccc(C(C)(C)C)cc1F)C2. The van der Waals surface area contributed by atoms with Crippen molar-refractivity contribution in [3.8, 4) is 0 Å². The molecule has 2 nitrogen and oxygen atoms in total. The highest BCUT2D eigenvalue weighted by Gasteiger charge is 2.42. The highest BCUT2D eigenvalue weighted by atomic mass is 19.1. The van der Waals surface area contributed by atoms with Gasteiger partial charge in [-0.05, 0) is 36.6 Å². The van der Waals surface area contributed by atoms with Crippen molar-refractivity contribution in [1.82, 2.24) is 4.90 Å². The number of rotatable bonds is 1. The van der Waals surface area contributed by atoms with Crippen molar-refractivity contribution in [3.63, 3.8) is 0 Å². The fraction of sp³-hybridized carbons (Fsp3) is 0.625. The second kappa shape index (κ2) is 4.20. The summed E-state index contributed by atoms with van der Waals surface area (Å²) >= 11 is 0. The van der Waals surface area contributed by atoms with Gasteiger partial charge in [0, 0.05) is 25.2 Å². The molecule has 104 valence electrons. The van der Waals surface area contributed by atoms with Gasteiger partial charge in [0.25, 0.3) is 0 Å². The van der Waals surface area contributed by atoms with Crippen LogP contribution in [0, 0.1) is 5.82 Å². The first-order valence-electron chi connectivity index (χ1n) is 7.13. The maximum atomic E-state index is 14.3. The number of hydrogen-bond donors (Lipinski definition) is 0. The van der Waals surface area contributed by atoms with Crippen LogP contribution in [0.1, 0.15) is 32.8 Å². The standard InChI is InChI=1S/C16H23FN2/c1-16(2,3)11-5-6-15(14(17)7-11)19-9-12-8-13(10-19)18(12)4/h5-7,12-13H,8-10H2,1-4H3. The van der Waals surface area contributed by atoms with Crippen molar-refractivity contribution >= 4 is 5.69 Å². The zero-order valence-corrected chi connectivity index (χ0v) is 12.3. The van der Waals surface area contributed by atoms with Crippen LogP contribution < -0.4 is 4.90 Å². The van der Waals surface area contributed by atoms with E-state index < -0.39 is 0 Å². The average molecular weight is 262 g/mol. The van der Waals surface area contributed by atoms with Gasteiger partial charge in [-0.3, -0.25) is 4.90 Å². The lowest BCUT2D eigenvalue weighted by Crippen LogP contribution is -2.67. The zero-order valence-electron chi connectivity index (χ0n) is 12.3. The Balaban J connectivity index is 1.83. The number of piperazine rings is 1. The Hall–Kier alpha value is -1.09. The Bertz CT molecular complexity index is 480. The molecule has 2 bridgehead atoms. The van der Waals surface area contributed by atoms with Crippen molar-refractivity contribution in [2.45, 2.75) is 44.7 Å². The molecule has 0 radical (unpaired) electrons. The van der Waals surface area contributed by atoms with Crippen LogP contribution >= 0.6 is 0 Å². The molecule has 0 N–H and O–H groups in total. The van der Waals surface area contributed by atoms with E-state index in [2.05, 4.69) is 43.7 Å². The molecule has 3 saturated heterocycles. The van der Waals surface area contributed by atoms with Crippen LogP contribution in [0.4, 0.5) is 10.1 Å². The quantitative estimate of drug-likeness (QED) is 0.767. The summed E-state index contributed by atoms with van der Waals surface area (Å²) in [5, 5.41) is 0. The number of hydrogen-bond acceptors (Lipinski definition) is 2. The first-order valence-corrected chi connectivity index (χ1v) is 7.13. The van der Waals surface area contributed by atoms with E-state index in [1.54, 1.807) is 6.07 Å². The summed E-state index contributed by atoms with van der Waals surface area (Å²) in [5.74, 6) is -0.0728. The average Bonchev–Trinajstić information content (AvgIpc) is 2.37. The fourth-order valence-corrected chi connectivity index (χ4v) is 3.22. The lowest BCUT2D eigenvalue weighted by molar-refractivity contribution is 0.0261. The van der Waals surface area contributed by atoms with Gasteiger partial charge in [0.1, 0.15) is 5.82 Å². The van der Waals surface area contributed by atoms with Crippen molar-refractivity contribution < 1.29 is 4.39 Å². The van der Waals surface area contributed by atoms with Gasteiger partial charge in [-0.25, -0.2) is 4.39 Å². The van der Waals surface area contributed by atoms with Crippen LogP contribution in [0.2, 0.25) is 0 Å². The molecule has 0 saturated carbocycles. The van der Waals surface area contributed by atoms with E-state index in [1.165, 1.54) is 6.42 Å². The molecule has 2 unspecified atom stereocenters. The minimum absolute atomic E-state index is 0.00360. The molecule has 3 aliphatic rings. The molecule has 3 fully saturated rings. The summed E-state index contributed by atoms with van der Waals surface area (Å²) in [6.07, 6.45) is 1.27. The van der Waals surface area contributed by atoms with E-state index in [1.807, 2.05) is 6.07 Å². The summed E-state index contributed by atoms with van der Waals surface area (Å²) in [7, 11) is 2.18. The fourth-order valence-electron chi connectivity index (χ4n) is 3.22. The molecule has 0 aliphatic carbocycles. The lowest BCUT2D eigenvalue weighted by atomic mass is 9.86. The zero-order chi connectivity index (χ0) is 13.8. The minimum Gasteiger partial charge on any atom is -0.366 e. The van der Waals surface area contributed by atoms with Crippen LogP contribution in [0.25, 0.3) is 0 Å². The van der Waals surface area contributed by atoms with Crippen LogP contribution in [0.3, 0.4) is 0 Å². The largest absolute Gasteiger partial charge is 0.366 e. The van der Waals surface area contributed by atoms with E-state index in [0.29, 0.717) is 12.1 Å². The highest BCUT2D eigenvalue weighted by Crippen LogP contribution is 2.35. The van der Waals surface area contributed by atoms with Gasteiger partial charge in [-0.1, -0.05) is 26.8 Å². The molecule has 1 aromatic rings. The molecule has 3 heterocycles. The Morgan fingerprint density at radius 1 is 1.16 bits per heavy atom. The molecular formula is C16H23FN2. The number of nitrogens with zero attached hydrogens (tertiary/aromatic N) is 2. The number of halogens is 1.